The van der Waals surface area contributed by atoms with Crippen LogP contribution >= 0.6 is 0 Å². The third-order valence-corrected chi connectivity index (χ3v) is 3.01. The third kappa shape index (κ3) is 1.99. The Kier molecular flexibility index (Phi) is 2.90. The average molecular weight is 261 g/mol. The first-order valence-corrected chi connectivity index (χ1v) is 6.03. The van der Waals surface area contributed by atoms with E-state index in [0.29, 0.717) is 11.4 Å². The number of aromatic nitrogens is 3. The maximum absolute atomic E-state index is 8.99. The first kappa shape index (κ1) is 11.9. The molecule has 2 heterocycles. The van der Waals surface area contributed by atoms with Crippen molar-refractivity contribution in [2.24, 2.45) is 0 Å². The largest absolute Gasteiger partial charge is 0.383 e. The molecule has 5 nitrogen and oxygen atoms in total. The van der Waals surface area contributed by atoms with Crippen molar-refractivity contribution < 1.29 is 0 Å². The molecule has 20 heavy (non-hydrogen) atoms. The number of hydrogen-bond acceptors (Lipinski definition) is 4. The van der Waals surface area contributed by atoms with Gasteiger partial charge in [-0.15, -0.1) is 0 Å². The summed E-state index contributed by atoms with van der Waals surface area (Å²) >= 11 is 0. The van der Waals surface area contributed by atoms with Crippen LogP contribution in [0.3, 0.4) is 0 Å². The number of nitrogen functional groups attached to an aromatic ring is 1. The molecule has 96 valence electrons. The van der Waals surface area contributed by atoms with Crippen LogP contribution in [0, 0.1) is 11.3 Å². The van der Waals surface area contributed by atoms with Gasteiger partial charge >= 0.3 is 0 Å². The van der Waals surface area contributed by atoms with Crippen molar-refractivity contribution in [2.75, 3.05) is 5.73 Å². The Bertz CT molecular complexity index is 798. The van der Waals surface area contributed by atoms with E-state index >= 15 is 0 Å². The van der Waals surface area contributed by atoms with Gasteiger partial charge in [-0.05, 0) is 30.3 Å². The molecule has 0 spiro atoms. The van der Waals surface area contributed by atoms with Gasteiger partial charge in [0.1, 0.15) is 5.82 Å². The van der Waals surface area contributed by atoms with Crippen LogP contribution in [0.25, 0.3) is 16.9 Å². The minimum atomic E-state index is 0.450. The van der Waals surface area contributed by atoms with Gasteiger partial charge < -0.3 is 5.73 Å². The van der Waals surface area contributed by atoms with Gasteiger partial charge in [0, 0.05) is 17.4 Å². The Morgan fingerprint density at radius 3 is 2.90 bits per heavy atom. The van der Waals surface area contributed by atoms with E-state index in [1.807, 2.05) is 28.8 Å². The lowest BCUT2D eigenvalue weighted by Gasteiger charge is -2.09. The SMILES string of the molecule is N#Cc1cccc(-n2cncc2-c2cccnc2N)c1. The van der Waals surface area contributed by atoms with E-state index in [1.54, 1.807) is 30.9 Å². The van der Waals surface area contributed by atoms with Gasteiger partial charge in [-0.25, -0.2) is 9.97 Å². The molecule has 0 radical (unpaired) electrons. The van der Waals surface area contributed by atoms with Crippen LogP contribution in [0.5, 0.6) is 0 Å². The number of benzene rings is 1. The van der Waals surface area contributed by atoms with Crippen molar-refractivity contribution in [3.05, 3.63) is 60.7 Å². The number of pyridine rings is 1. The van der Waals surface area contributed by atoms with Crippen LogP contribution in [0.1, 0.15) is 5.56 Å². The molecule has 2 N–H and O–H groups in total. The predicted octanol–water partition coefficient (Wildman–Crippen LogP) is 2.39. The number of rotatable bonds is 2. The lowest BCUT2D eigenvalue weighted by atomic mass is 10.1. The quantitative estimate of drug-likeness (QED) is 0.768. The molecule has 5 heteroatoms. The van der Waals surface area contributed by atoms with Gasteiger partial charge in [0.2, 0.25) is 0 Å². The topological polar surface area (TPSA) is 80.5 Å². The number of nitrogens with zero attached hydrogens (tertiary/aromatic N) is 4. The van der Waals surface area contributed by atoms with Crippen LogP contribution in [-0.2, 0) is 0 Å². The second kappa shape index (κ2) is 4.86. The number of hydrogen-bond donors (Lipinski definition) is 1. The van der Waals surface area contributed by atoms with Gasteiger partial charge in [0.15, 0.2) is 0 Å². The maximum Gasteiger partial charge on any atom is 0.132 e. The summed E-state index contributed by atoms with van der Waals surface area (Å²) in [5.41, 5.74) is 9.02. The number of imidazole rings is 1. The standard InChI is InChI=1S/C15H11N5/c16-8-11-3-1-4-12(7-11)20-10-18-9-14(20)13-5-2-6-19-15(13)17/h1-7,9-10H,(H2,17,19). The highest BCUT2D eigenvalue weighted by molar-refractivity contribution is 5.72. The predicted molar refractivity (Wildman–Crippen MR) is 75.9 cm³/mol. The van der Waals surface area contributed by atoms with Crippen LogP contribution < -0.4 is 5.73 Å². The summed E-state index contributed by atoms with van der Waals surface area (Å²) in [5.74, 6) is 0.450. The molecule has 0 amide bonds. The van der Waals surface area contributed by atoms with E-state index in [4.69, 9.17) is 11.0 Å². The summed E-state index contributed by atoms with van der Waals surface area (Å²) < 4.78 is 1.88. The summed E-state index contributed by atoms with van der Waals surface area (Å²) in [6.07, 6.45) is 5.07. The highest BCUT2D eigenvalue weighted by atomic mass is 15.1. The van der Waals surface area contributed by atoms with Gasteiger partial charge in [-0.2, -0.15) is 5.26 Å². The van der Waals surface area contributed by atoms with Crippen LogP contribution in [-0.4, -0.2) is 14.5 Å². The van der Waals surface area contributed by atoms with E-state index in [9.17, 15) is 0 Å². The van der Waals surface area contributed by atoms with E-state index < -0.39 is 0 Å². The fourth-order valence-electron chi connectivity index (χ4n) is 2.06. The lowest BCUT2D eigenvalue weighted by Crippen LogP contribution is -1.99. The van der Waals surface area contributed by atoms with Crippen LogP contribution in [0.15, 0.2) is 55.1 Å². The molecule has 0 unspecified atom stereocenters. The molecule has 0 aliphatic carbocycles. The van der Waals surface area contributed by atoms with Crippen molar-refractivity contribution in [1.82, 2.24) is 14.5 Å². The molecule has 0 fully saturated rings. The number of nitrogens with two attached hydrogens (primary N) is 1. The second-order valence-electron chi connectivity index (χ2n) is 4.25. The molecule has 0 saturated heterocycles. The molecular formula is C15H11N5. The fraction of sp³-hybridized carbons (Fsp3) is 0. The van der Waals surface area contributed by atoms with Crippen molar-refractivity contribution in [2.45, 2.75) is 0 Å². The van der Waals surface area contributed by atoms with Crippen LogP contribution in [0.4, 0.5) is 5.82 Å². The molecule has 3 rings (SSSR count). The molecule has 2 aromatic heterocycles. The molecule has 0 aliphatic rings. The monoisotopic (exact) mass is 261 g/mol. The molecule has 0 atom stereocenters. The molecule has 3 aromatic rings. The highest BCUT2D eigenvalue weighted by Crippen LogP contribution is 2.26. The third-order valence-electron chi connectivity index (χ3n) is 3.01. The summed E-state index contributed by atoms with van der Waals surface area (Å²) in [6, 6.07) is 13.2. The molecule has 0 saturated carbocycles. The van der Waals surface area contributed by atoms with E-state index in [2.05, 4.69) is 16.0 Å². The summed E-state index contributed by atoms with van der Waals surface area (Å²) in [6.45, 7) is 0. The molecular weight excluding hydrogens is 250 g/mol. The Morgan fingerprint density at radius 1 is 1.20 bits per heavy atom. The zero-order valence-electron chi connectivity index (χ0n) is 10.6. The van der Waals surface area contributed by atoms with Crippen LogP contribution in [0.2, 0.25) is 0 Å². The first-order valence-electron chi connectivity index (χ1n) is 6.03. The van der Waals surface area contributed by atoms with Crippen molar-refractivity contribution >= 4 is 5.82 Å². The number of nitriles is 1. The van der Waals surface area contributed by atoms with Gasteiger partial charge in [-0.3, -0.25) is 4.57 Å². The maximum atomic E-state index is 8.99. The summed E-state index contributed by atoms with van der Waals surface area (Å²) in [7, 11) is 0. The van der Waals surface area contributed by atoms with E-state index in [-0.39, 0.29) is 0 Å². The summed E-state index contributed by atoms with van der Waals surface area (Å²) in [4.78, 5) is 8.26. The zero-order valence-corrected chi connectivity index (χ0v) is 10.6. The van der Waals surface area contributed by atoms with Crippen molar-refractivity contribution in [3.63, 3.8) is 0 Å². The average Bonchev–Trinajstić information content (AvgIpc) is 2.97. The normalized spacial score (nSPS) is 10.2. The zero-order chi connectivity index (χ0) is 13.9. The minimum Gasteiger partial charge on any atom is -0.383 e. The van der Waals surface area contributed by atoms with Gasteiger partial charge in [-0.1, -0.05) is 6.07 Å². The fourth-order valence-corrected chi connectivity index (χ4v) is 2.06. The van der Waals surface area contributed by atoms with Gasteiger partial charge in [0.05, 0.1) is 29.9 Å². The molecule has 0 bridgehead atoms. The Hall–Kier alpha value is -3.13. The smallest absolute Gasteiger partial charge is 0.132 e. The molecule has 1 aromatic carbocycles. The lowest BCUT2D eigenvalue weighted by molar-refractivity contribution is 1.06. The van der Waals surface area contributed by atoms with E-state index in [1.165, 1.54) is 0 Å². The Labute approximate surface area is 116 Å². The summed E-state index contributed by atoms with van der Waals surface area (Å²) in [5, 5.41) is 8.99. The Balaban J connectivity index is 2.16. The minimum absolute atomic E-state index is 0.450. The second-order valence-corrected chi connectivity index (χ2v) is 4.25. The van der Waals surface area contributed by atoms with E-state index in [0.717, 1.165) is 16.9 Å². The number of anilines is 1. The highest BCUT2D eigenvalue weighted by Gasteiger charge is 2.10. The first-order chi connectivity index (χ1) is 9.79. The van der Waals surface area contributed by atoms with Crippen molar-refractivity contribution in [3.8, 4) is 23.0 Å². The molecule has 0 aliphatic heterocycles. The van der Waals surface area contributed by atoms with Gasteiger partial charge in [0.25, 0.3) is 0 Å². The van der Waals surface area contributed by atoms with Crippen molar-refractivity contribution in [1.29, 1.82) is 5.26 Å². The Morgan fingerprint density at radius 2 is 2.10 bits per heavy atom.